The molecule has 0 aliphatic rings. The molecule has 23 heavy (non-hydrogen) atoms. The Balaban J connectivity index is 2.11. The average molecular weight is 302 g/mol. The predicted octanol–water partition coefficient (Wildman–Crippen LogP) is 2.74. The van der Waals surface area contributed by atoms with Gasteiger partial charge in [0.1, 0.15) is 6.33 Å². The molecule has 4 aromatic rings. The first-order chi connectivity index (χ1) is 11.2. The Bertz CT molecular complexity index is 991. The lowest BCUT2D eigenvalue weighted by Gasteiger charge is -2.12. The van der Waals surface area contributed by atoms with Crippen LogP contribution >= 0.6 is 0 Å². The van der Waals surface area contributed by atoms with Crippen LogP contribution in [0.15, 0.2) is 55.0 Å². The van der Waals surface area contributed by atoms with Crippen molar-refractivity contribution in [2.45, 2.75) is 6.92 Å². The highest BCUT2D eigenvalue weighted by Gasteiger charge is 2.17. The highest BCUT2D eigenvalue weighted by Crippen LogP contribution is 2.34. The lowest BCUT2D eigenvalue weighted by atomic mass is 10.0. The summed E-state index contributed by atoms with van der Waals surface area (Å²) in [6.07, 6.45) is 3.35. The lowest BCUT2D eigenvalue weighted by Crippen LogP contribution is -2.04. The smallest absolute Gasteiger partial charge is 0.207 e. The number of anilines is 1. The first-order valence-corrected chi connectivity index (χ1v) is 7.21. The minimum absolute atomic E-state index is 0.360. The second kappa shape index (κ2) is 5.17. The summed E-state index contributed by atoms with van der Waals surface area (Å²) < 4.78 is 1.69. The van der Waals surface area contributed by atoms with Gasteiger partial charge in [0.2, 0.25) is 5.95 Å². The molecule has 6 nitrogen and oxygen atoms in total. The van der Waals surface area contributed by atoms with Gasteiger partial charge < -0.3 is 5.73 Å². The molecule has 0 atom stereocenters. The highest BCUT2D eigenvalue weighted by molar-refractivity contribution is 5.90. The fourth-order valence-electron chi connectivity index (χ4n) is 2.68. The second-order valence-electron chi connectivity index (χ2n) is 5.27. The Morgan fingerprint density at radius 2 is 1.87 bits per heavy atom. The van der Waals surface area contributed by atoms with Crippen LogP contribution in [0.4, 0.5) is 5.95 Å². The number of benzene rings is 1. The molecule has 6 heteroatoms. The molecule has 0 radical (unpaired) electrons. The van der Waals surface area contributed by atoms with Gasteiger partial charge in [0.15, 0.2) is 5.65 Å². The molecule has 0 saturated carbocycles. The number of fused-ring (bicyclic) bond motifs is 1. The third-order valence-corrected chi connectivity index (χ3v) is 3.71. The molecule has 0 bridgehead atoms. The zero-order chi connectivity index (χ0) is 15.8. The molecule has 0 fully saturated rings. The maximum absolute atomic E-state index is 6.08. The molecule has 3 aromatic heterocycles. The standard InChI is InChI=1S/C17H14N6/c1-11-9-13(7-8-19-11)14-15(12-5-3-2-4-6-12)21-17(18)23-10-20-22-16(14)23/h2-10H,1H3,(H2,18,21). The molecule has 0 spiro atoms. The van der Waals surface area contributed by atoms with Crippen molar-refractivity contribution in [3.63, 3.8) is 0 Å². The van der Waals surface area contributed by atoms with Crippen molar-refractivity contribution in [2.75, 3.05) is 5.73 Å². The van der Waals surface area contributed by atoms with E-state index in [1.165, 1.54) is 0 Å². The normalized spacial score (nSPS) is 11.0. The number of nitrogen functional groups attached to an aromatic ring is 1. The first-order valence-electron chi connectivity index (χ1n) is 7.21. The maximum atomic E-state index is 6.08. The molecular formula is C17H14N6. The topological polar surface area (TPSA) is 82.0 Å². The van der Waals surface area contributed by atoms with Crippen LogP contribution in [-0.4, -0.2) is 24.6 Å². The summed E-state index contributed by atoms with van der Waals surface area (Å²) in [4.78, 5) is 8.86. The fourth-order valence-corrected chi connectivity index (χ4v) is 2.68. The van der Waals surface area contributed by atoms with Crippen molar-refractivity contribution in [2.24, 2.45) is 0 Å². The Labute approximate surface area is 132 Å². The van der Waals surface area contributed by atoms with Gasteiger partial charge in [0.05, 0.1) is 11.3 Å². The third kappa shape index (κ3) is 2.20. The van der Waals surface area contributed by atoms with Crippen LogP contribution in [0.5, 0.6) is 0 Å². The van der Waals surface area contributed by atoms with Gasteiger partial charge >= 0.3 is 0 Å². The fraction of sp³-hybridized carbons (Fsp3) is 0.0588. The zero-order valence-corrected chi connectivity index (χ0v) is 12.5. The minimum Gasteiger partial charge on any atom is -0.369 e. The predicted molar refractivity (Wildman–Crippen MR) is 88.6 cm³/mol. The van der Waals surface area contributed by atoms with Crippen molar-refractivity contribution in [1.29, 1.82) is 0 Å². The molecule has 4 rings (SSSR count). The van der Waals surface area contributed by atoms with E-state index in [0.29, 0.717) is 11.6 Å². The largest absolute Gasteiger partial charge is 0.369 e. The molecule has 0 unspecified atom stereocenters. The van der Waals surface area contributed by atoms with Crippen LogP contribution in [0.25, 0.3) is 28.0 Å². The van der Waals surface area contributed by atoms with E-state index in [4.69, 9.17) is 5.73 Å². The van der Waals surface area contributed by atoms with Crippen molar-refractivity contribution < 1.29 is 0 Å². The highest BCUT2D eigenvalue weighted by atomic mass is 15.3. The number of nitrogens with two attached hydrogens (primary N) is 1. The third-order valence-electron chi connectivity index (χ3n) is 3.71. The lowest BCUT2D eigenvalue weighted by molar-refractivity contribution is 1.09. The molecule has 112 valence electrons. The summed E-state index contributed by atoms with van der Waals surface area (Å²) in [5.41, 5.74) is 11.3. The van der Waals surface area contributed by atoms with Gasteiger partial charge in [-0.15, -0.1) is 10.2 Å². The SMILES string of the molecule is Cc1cc(-c2c(-c3ccccc3)nc(N)n3cnnc23)ccn1. The molecule has 0 aliphatic carbocycles. The minimum atomic E-state index is 0.360. The van der Waals surface area contributed by atoms with Crippen LogP contribution in [-0.2, 0) is 0 Å². The quantitative estimate of drug-likeness (QED) is 0.615. The molecular weight excluding hydrogens is 288 g/mol. The summed E-state index contributed by atoms with van der Waals surface area (Å²) in [5.74, 6) is 0.360. The summed E-state index contributed by atoms with van der Waals surface area (Å²) in [5, 5.41) is 8.23. The number of hydrogen-bond donors (Lipinski definition) is 1. The second-order valence-corrected chi connectivity index (χ2v) is 5.27. The van der Waals surface area contributed by atoms with Crippen molar-refractivity contribution in [3.05, 3.63) is 60.7 Å². The van der Waals surface area contributed by atoms with Crippen molar-refractivity contribution in [1.82, 2.24) is 24.6 Å². The Morgan fingerprint density at radius 3 is 2.65 bits per heavy atom. The van der Waals surface area contributed by atoms with Crippen LogP contribution in [0.1, 0.15) is 5.69 Å². The summed E-state index contributed by atoms with van der Waals surface area (Å²) in [6.45, 7) is 1.96. The number of rotatable bonds is 2. The molecule has 0 saturated heterocycles. The van der Waals surface area contributed by atoms with E-state index < -0.39 is 0 Å². The van der Waals surface area contributed by atoms with E-state index in [9.17, 15) is 0 Å². The summed E-state index contributed by atoms with van der Waals surface area (Å²) in [6, 6.07) is 13.9. The van der Waals surface area contributed by atoms with Gasteiger partial charge in [0.25, 0.3) is 0 Å². The molecule has 0 amide bonds. The molecule has 2 N–H and O–H groups in total. The van der Waals surface area contributed by atoms with Gasteiger partial charge in [-0.05, 0) is 24.6 Å². The number of hydrogen-bond acceptors (Lipinski definition) is 5. The van der Waals surface area contributed by atoms with Crippen LogP contribution in [0.2, 0.25) is 0 Å². The van der Waals surface area contributed by atoms with Gasteiger partial charge in [0, 0.05) is 17.5 Å². The van der Waals surface area contributed by atoms with Gasteiger partial charge in [-0.25, -0.2) is 4.98 Å². The van der Waals surface area contributed by atoms with E-state index in [2.05, 4.69) is 20.2 Å². The van der Waals surface area contributed by atoms with E-state index >= 15 is 0 Å². The number of pyridine rings is 1. The molecule has 0 aliphatic heterocycles. The van der Waals surface area contributed by atoms with Gasteiger partial charge in [-0.1, -0.05) is 30.3 Å². The Hall–Kier alpha value is -3.28. The van der Waals surface area contributed by atoms with E-state index in [1.54, 1.807) is 16.9 Å². The number of aromatic nitrogens is 5. The Morgan fingerprint density at radius 1 is 1.04 bits per heavy atom. The van der Waals surface area contributed by atoms with Gasteiger partial charge in [-0.2, -0.15) is 0 Å². The average Bonchev–Trinajstić information content (AvgIpc) is 3.05. The number of nitrogens with zero attached hydrogens (tertiary/aromatic N) is 5. The number of aryl methyl sites for hydroxylation is 1. The summed E-state index contributed by atoms with van der Waals surface area (Å²) >= 11 is 0. The summed E-state index contributed by atoms with van der Waals surface area (Å²) in [7, 11) is 0. The van der Waals surface area contributed by atoms with Crippen LogP contribution in [0.3, 0.4) is 0 Å². The van der Waals surface area contributed by atoms with Crippen LogP contribution < -0.4 is 5.73 Å². The van der Waals surface area contributed by atoms with Crippen molar-refractivity contribution >= 4 is 11.6 Å². The van der Waals surface area contributed by atoms with E-state index in [1.807, 2.05) is 49.4 Å². The van der Waals surface area contributed by atoms with E-state index in [0.717, 1.165) is 28.1 Å². The van der Waals surface area contributed by atoms with Gasteiger partial charge in [-0.3, -0.25) is 9.38 Å². The Kier molecular flexibility index (Phi) is 3.01. The molecule has 3 heterocycles. The molecule has 1 aromatic carbocycles. The monoisotopic (exact) mass is 302 g/mol. The first kappa shape index (κ1) is 13.4. The van der Waals surface area contributed by atoms with Crippen LogP contribution in [0, 0.1) is 6.92 Å². The van der Waals surface area contributed by atoms with E-state index in [-0.39, 0.29) is 0 Å². The maximum Gasteiger partial charge on any atom is 0.207 e. The van der Waals surface area contributed by atoms with Crippen molar-refractivity contribution in [3.8, 4) is 22.4 Å². The zero-order valence-electron chi connectivity index (χ0n) is 12.5.